The molecule has 4 rings (SSSR count). The van der Waals surface area contributed by atoms with E-state index >= 15 is 0 Å². The Hall–Kier alpha value is -2.66. The molecule has 1 aliphatic heterocycles. The number of likely N-dealkylation sites (N-methyl/N-ethyl adjacent to an activating group) is 1. The fraction of sp³-hybridized carbons (Fsp3) is 0.440. The van der Waals surface area contributed by atoms with E-state index in [4.69, 9.17) is 4.42 Å². The van der Waals surface area contributed by atoms with Crippen molar-refractivity contribution in [3.05, 3.63) is 51.3 Å². The topological polar surface area (TPSA) is 72.5 Å². The lowest BCUT2D eigenvalue weighted by molar-refractivity contribution is -0.117. The number of hydrogen-bond acceptors (Lipinski definition) is 6. The first-order valence-corrected chi connectivity index (χ1v) is 11.8. The molecule has 0 radical (unpaired) electrons. The summed E-state index contributed by atoms with van der Waals surface area (Å²) in [4.78, 5) is 18.3. The average Bonchev–Trinajstić information content (AvgIpc) is 3.31. The SMILES string of the molecule is Cc1ccc(C=CC2=Cc3c(sc(NC(=O)CN4CCN(C)CC4)c3C#N)C(C)(C)C2)o1. The molecule has 168 valence electrons. The third-order valence-corrected chi connectivity index (χ3v) is 7.57. The summed E-state index contributed by atoms with van der Waals surface area (Å²) in [5, 5.41) is 13.6. The maximum absolute atomic E-state index is 12.7. The molecule has 0 atom stereocenters. The van der Waals surface area contributed by atoms with Crippen LogP contribution in [0, 0.1) is 18.3 Å². The summed E-state index contributed by atoms with van der Waals surface area (Å²) in [6, 6.07) is 6.24. The molecule has 2 aromatic heterocycles. The molecular weight excluding hydrogens is 420 g/mol. The van der Waals surface area contributed by atoms with Gasteiger partial charge in [-0.05, 0) is 50.3 Å². The zero-order valence-electron chi connectivity index (χ0n) is 19.2. The molecule has 3 heterocycles. The van der Waals surface area contributed by atoms with Crippen molar-refractivity contribution in [2.75, 3.05) is 45.1 Å². The molecular formula is C25H30N4O2S. The van der Waals surface area contributed by atoms with Gasteiger partial charge in [-0.2, -0.15) is 5.26 Å². The van der Waals surface area contributed by atoms with Crippen LogP contribution in [0.2, 0.25) is 0 Å². The van der Waals surface area contributed by atoms with Gasteiger partial charge in [-0.3, -0.25) is 9.69 Å². The lowest BCUT2D eigenvalue weighted by atomic mass is 9.77. The van der Waals surface area contributed by atoms with Crippen LogP contribution >= 0.6 is 11.3 Å². The molecule has 32 heavy (non-hydrogen) atoms. The van der Waals surface area contributed by atoms with E-state index < -0.39 is 0 Å². The number of anilines is 1. The Bertz CT molecular complexity index is 1110. The van der Waals surface area contributed by atoms with Gasteiger partial charge < -0.3 is 14.6 Å². The zero-order valence-corrected chi connectivity index (χ0v) is 20.0. The number of nitrogens with one attached hydrogen (secondary N) is 1. The van der Waals surface area contributed by atoms with Crippen LogP contribution in [0.25, 0.3) is 12.2 Å². The maximum atomic E-state index is 12.7. The van der Waals surface area contributed by atoms with E-state index in [0.29, 0.717) is 17.1 Å². The number of allylic oxidation sites excluding steroid dienone is 2. The van der Waals surface area contributed by atoms with Gasteiger partial charge in [0.2, 0.25) is 5.91 Å². The Morgan fingerprint density at radius 2 is 2.03 bits per heavy atom. The van der Waals surface area contributed by atoms with Gasteiger partial charge in [0.1, 0.15) is 22.6 Å². The smallest absolute Gasteiger partial charge is 0.239 e. The van der Waals surface area contributed by atoms with Crippen molar-refractivity contribution in [2.24, 2.45) is 0 Å². The van der Waals surface area contributed by atoms with Gasteiger partial charge in [0.25, 0.3) is 0 Å². The van der Waals surface area contributed by atoms with Crippen LogP contribution in [0.3, 0.4) is 0 Å². The summed E-state index contributed by atoms with van der Waals surface area (Å²) in [5.74, 6) is 1.64. The number of nitrogens with zero attached hydrogens (tertiary/aromatic N) is 3. The standard InChI is InChI=1S/C25H30N4O2S/c1-17-5-7-19(31-17)8-6-18-13-20-21(15-26)24(32-23(20)25(2,3)14-18)27-22(30)16-29-11-9-28(4)10-12-29/h5-8,13H,9-12,14,16H2,1-4H3,(H,27,30). The van der Waals surface area contributed by atoms with Crippen molar-refractivity contribution in [2.45, 2.75) is 32.6 Å². The lowest BCUT2D eigenvalue weighted by Gasteiger charge is -2.31. The molecule has 0 spiro atoms. The first kappa shape index (κ1) is 22.5. The van der Waals surface area contributed by atoms with Gasteiger partial charge in [-0.25, -0.2) is 0 Å². The molecule has 7 heteroatoms. The summed E-state index contributed by atoms with van der Waals surface area (Å²) in [7, 11) is 2.10. The van der Waals surface area contributed by atoms with Crippen molar-refractivity contribution in [3.63, 3.8) is 0 Å². The highest BCUT2D eigenvalue weighted by molar-refractivity contribution is 7.17. The molecule has 0 unspecified atom stereocenters. The second kappa shape index (κ2) is 9.07. The van der Waals surface area contributed by atoms with Gasteiger partial charge in [-0.15, -0.1) is 11.3 Å². The first-order valence-electron chi connectivity index (χ1n) is 11.0. The second-order valence-electron chi connectivity index (χ2n) is 9.35. The summed E-state index contributed by atoms with van der Waals surface area (Å²) >= 11 is 1.54. The predicted molar refractivity (Wildman–Crippen MR) is 130 cm³/mol. The van der Waals surface area contributed by atoms with Crippen molar-refractivity contribution in [1.29, 1.82) is 5.26 Å². The van der Waals surface area contributed by atoms with E-state index in [9.17, 15) is 10.1 Å². The lowest BCUT2D eigenvalue weighted by Crippen LogP contribution is -2.47. The van der Waals surface area contributed by atoms with Gasteiger partial charge in [0.15, 0.2) is 0 Å². The number of fused-ring (bicyclic) bond motifs is 1. The largest absolute Gasteiger partial charge is 0.462 e. The third kappa shape index (κ3) is 4.88. The fourth-order valence-electron chi connectivity index (χ4n) is 4.32. The Balaban J connectivity index is 1.55. The summed E-state index contributed by atoms with van der Waals surface area (Å²) in [5.41, 5.74) is 2.50. The highest BCUT2D eigenvalue weighted by Crippen LogP contribution is 2.47. The van der Waals surface area contributed by atoms with Gasteiger partial charge in [0, 0.05) is 42.0 Å². The van der Waals surface area contributed by atoms with Gasteiger partial charge in [0.05, 0.1) is 12.1 Å². The number of hydrogen-bond donors (Lipinski definition) is 1. The van der Waals surface area contributed by atoms with Gasteiger partial charge in [-0.1, -0.05) is 19.9 Å². The van der Waals surface area contributed by atoms with E-state index in [2.05, 4.69) is 54.2 Å². The number of amides is 1. The molecule has 2 aromatic rings. The van der Waals surface area contributed by atoms with E-state index in [0.717, 1.165) is 60.1 Å². The normalized spacial score (nSPS) is 18.9. The molecule has 0 aromatic carbocycles. The molecule has 6 nitrogen and oxygen atoms in total. The monoisotopic (exact) mass is 450 g/mol. The number of rotatable bonds is 5. The third-order valence-electron chi connectivity index (χ3n) is 6.09. The molecule has 1 N–H and O–H groups in total. The number of piperazine rings is 1. The highest BCUT2D eigenvalue weighted by Gasteiger charge is 2.33. The minimum atomic E-state index is -0.125. The number of nitriles is 1. The molecule has 1 fully saturated rings. The maximum Gasteiger partial charge on any atom is 0.239 e. The average molecular weight is 451 g/mol. The van der Waals surface area contributed by atoms with Crippen molar-refractivity contribution in [3.8, 4) is 6.07 Å². The summed E-state index contributed by atoms with van der Waals surface area (Å²) in [6.07, 6.45) is 6.97. The van der Waals surface area contributed by atoms with Crippen LogP contribution in [0.4, 0.5) is 5.00 Å². The van der Waals surface area contributed by atoms with Crippen LogP contribution in [0.15, 0.2) is 28.2 Å². The van der Waals surface area contributed by atoms with Crippen LogP contribution in [0.1, 0.15) is 47.8 Å². The molecule has 1 amide bonds. The number of carbonyl (C=O) groups excluding carboxylic acids is 1. The van der Waals surface area contributed by atoms with E-state index in [-0.39, 0.29) is 11.3 Å². The molecule has 0 bridgehead atoms. The van der Waals surface area contributed by atoms with E-state index in [1.807, 2.05) is 25.1 Å². The summed E-state index contributed by atoms with van der Waals surface area (Å²) in [6.45, 7) is 10.4. The Morgan fingerprint density at radius 1 is 1.28 bits per heavy atom. The Labute approximate surface area is 193 Å². The molecule has 2 aliphatic rings. The number of carbonyl (C=O) groups is 1. The molecule has 1 saturated heterocycles. The number of furan rings is 1. The van der Waals surface area contributed by atoms with Gasteiger partial charge >= 0.3 is 0 Å². The van der Waals surface area contributed by atoms with Crippen LogP contribution in [-0.2, 0) is 10.2 Å². The first-order chi connectivity index (χ1) is 15.2. The van der Waals surface area contributed by atoms with Crippen molar-refractivity contribution >= 4 is 34.4 Å². The Kier molecular flexibility index (Phi) is 6.38. The minimum Gasteiger partial charge on any atom is -0.462 e. The fourth-order valence-corrected chi connectivity index (χ4v) is 5.57. The predicted octanol–water partition coefficient (Wildman–Crippen LogP) is 4.49. The summed E-state index contributed by atoms with van der Waals surface area (Å²) < 4.78 is 5.64. The van der Waals surface area contributed by atoms with E-state index in [1.54, 1.807) is 0 Å². The quantitative estimate of drug-likeness (QED) is 0.727. The minimum absolute atomic E-state index is 0.0558. The van der Waals surface area contributed by atoms with Crippen LogP contribution in [-0.4, -0.2) is 55.5 Å². The Morgan fingerprint density at radius 3 is 2.69 bits per heavy atom. The molecule has 0 saturated carbocycles. The van der Waals surface area contributed by atoms with Crippen molar-refractivity contribution < 1.29 is 9.21 Å². The van der Waals surface area contributed by atoms with Crippen LogP contribution < -0.4 is 5.32 Å². The zero-order chi connectivity index (χ0) is 22.9. The number of aryl methyl sites for hydroxylation is 1. The highest BCUT2D eigenvalue weighted by atomic mass is 32.1. The van der Waals surface area contributed by atoms with E-state index in [1.165, 1.54) is 11.3 Å². The molecule has 1 aliphatic carbocycles. The second-order valence-corrected chi connectivity index (χ2v) is 10.4. The van der Waals surface area contributed by atoms with Crippen molar-refractivity contribution in [1.82, 2.24) is 9.80 Å². The number of thiophene rings is 1. The van der Waals surface area contributed by atoms with Crippen LogP contribution in [0.5, 0.6) is 0 Å².